The second kappa shape index (κ2) is 6.44. The predicted molar refractivity (Wildman–Crippen MR) is 81.9 cm³/mol. The summed E-state index contributed by atoms with van der Waals surface area (Å²) in [7, 11) is 0. The quantitative estimate of drug-likeness (QED) is 0.869. The van der Waals surface area contributed by atoms with Crippen LogP contribution in [0.1, 0.15) is 78.1 Å². The van der Waals surface area contributed by atoms with Crippen LogP contribution in [0.3, 0.4) is 0 Å². The standard InChI is InChI=1S/C16H29N3O2/c1-6-16(7-2,20-8-3)14-18-13(21-19-14)12-15(4,5)10-9-11-17-12/h12,17H,6-11H2,1-5H3. The van der Waals surface area contributed by atoms with E-state index in [4.69, 9.17) is 14.2 Å². The van der Waals surface area contributed by atoms with E-state index in [2.05, 4.69) is 38.2 Å². The summed E-state index contributed by atoms with van der Waals surface area (Å²) >= 11 is 0. The molecule has 1 atom stereocenters. The third kappa shape index (κ3) is 3.14. The minimum atomic E-state index is -0.421. The minimum absolute atomic E-state index is 0.125. The summed E-state index contributed by atoms with van der Waals surface area (Å²) in [5, 5.41) is 7.76. The topological polar surface area (TPSA) is 60.2 Å². The van der Waals surface area contributed by atoms with Gasteiger partial charge in [-0.3, -0.25) is 0 Å². The molecule has 1 aromatic rings. The number of nitrogens with one attached hydrogen (secondary N) is 1. The first-order valence-corrected chi connectivity index (χ1v) is 8.20. The van der Waals surface area contributed by atoms with Crippen LogP contribution in [-0.2, 0) is 10.3 Å². The van der Waals surface area contributed by atoms with Gasteiger partial charge >= 0.3 is 0 Å². The maximum Gasteiger partial charge on any atom is 0.244 e. The Morgan fingerprint density at radius 2 is 2.05 bits per heavy atom. The lowest BCUT2D eigenvalue weighted by atomic mass is 9.77. The fourth-order valence-corrected chi connectivity index (χ4v) is 3.28. The van der Waals surface area contributed by atoms with Gasteiger partial charge in [0.05, 0.1) is 6.04 Å². The molecule has 0 saturated carbocycles. The van der Waals surface area contributed by atoms with Crippen LogP contribution in [0.5, 0.6) is 0 Å². The molecule has 1 aliphatic heterocycles. The molecule has 0 aromatic carbocycles. The molecule has 1 N–H and O–H groups in total. The van der Waals surface area contributed by atoms with Gasteiger partial charge in [-0.25, -0.2) is 0 Å². The molecule has 21 heavy (non-hydrogen) atoms. The molecule has 5 heteroatoms. The van der Waals surface area contributed by atoms with Crippen LogP contribution in [0.25, 0.3) is 0 Å². The predicted octanol–water partition coefficient (Wildman–Crippen LogP) is 3.57. The minimum Gasteiger partial charge on any atom is -0.367 e. The zero-order chi connectivity index (χ0) is 15.5. The first-order chi connectivity index (χ1) is 9.99. The Hall–Kier alpha value is -0.940. The molecule has 0 spiro atoms. The Kier molecular flexibility index (Phi) is 5.04. The maximum absolute atomic E-state index is 5.96. The van der Waals surface area contributed by atoms with Crippen LogP contribution in [0.15, 0.2) is 4.52 Å². The van der Waals surface area contributed by atoms with Crippen LogP contribution in [0.4, 0.5) is 0 Å². The van der Waals surface area contributed by atoms with Gasteiger partial charge < -0.3 is 14.6 Å². The molecule has 0 aliphatic carbocycles. The average molecular weight is 295 g/mol. The molecule has 0 amide bonds. The van der Waals surface area contributed by atoms with Gasteiger partial charge in [-0.05, 0) is 44.6 Å². The van der Waals surface area contributed by atoms with E-state index in [1.54, 1.807) is 0 Å². The highest BCUT2D eigenvalue weighted by atomic mass is 16.5. The number of hydrogen-bond donors (Lipinski definition) is 1. The van der Waals surface area contributed by atoms with Crippen molar-refractivity contribution in [3.8, 4) is 0 Å². The highest BCUT2D eigenvalue weighted by Crippen LogP contribution is 2.40. The molecule has 1 saturated heterocycles. The molecule has 1 aromatic heterocycles. The number of piperidine rings is 1. The monoisotopic (exact) mass is 295 g/mol. The first kappa shape index (κ1) is 16.4. The van der Waals surface area contributed by atoms with Crippen LogP contribution < -0.4 is 5.32 Å². The molecular weight excluding hydrogens is 266 g/mol. The van der Waals surface area contributed by atoms with Crippen LogP contribution in [0, 0.1) is 5.41 Å². The first-order valence-electron chi connectivity index (χ1n) is 8.20. The van der Waals surface area contributed by atoms with Crippen LogP contribution in [0.2, 0.25) is 0 Å². The van der Waals surface area contributed by atoms with E-state index < -0.39 is 5.60 Å². The van der Waals surface area contributed by atoms with Crippen molar-refractivity contribution in [1.29, 1.82) is 0 Å². The van der Waals surface area contributed by atoms with Crippen LogP contribution in [-0.4, -0.2) is 23.3 Å². The van der Waals surface area contributed by atoms with Gasteiger partial charge in [-0.15, -0.1) is 0 Å². The fourth-order valence-electron chi connectivity index (χ4n) is 3.28. The van der Waals surface area contributed by atoms with Gasteiger partial charge in [-0.2, -0.15) is 4.98 Å². The third-order valence-corrected chi connectivity index (χ3v) is 4.79. The van der Waals surface area contributed by atoms with Crippen molar-refractivity contribution in [2.75, 3.05) is 13.2 Å². The Morgan fingerprint density at radius 1 is 1.33 bits per heavy atom. The molecule has 2 heterocycles. The molecular formula is C16H29N3O2. The van der Waals surface area contributed by atoms with Gasteiger partial charge in [0, 0.05) is 6.61 Å². The van der Waals surface area contributed by atoms with Gasteiger partial charge in [0.1, 0.15) is 5.60 Å². The van der Waals surface area contributed by atoms with E-state index in [1.807, 2.05) is 6.92 Å². The summed E-state index contributed by atoms with van der Waals surface area (Å²) in [4.78, 5) is 4.70. The van der Waals surface area contributed by atoms with Crippen molar-refractivity contribution in [3.63, 3.8) is 0 Å². The molecule has 2 rings (SSSR count). The summed E-state index contributed by atoms with van der Waals surface area (Å²) in [5.41, 5.74) is -0.288. The number of aromatic nitrogens is 2. The van der Waals surface area contributed by atoms with Gasteiger partial charge in [0.25, 0.3) is 0 Å². The van der Waals surface area contributed by atoms with Crippen LogP contribution >= 0.6 is 0 Å². The Labute approximate surface area is 127 Å². The Balaban J connectivity index is 2.28. The van der Waals surface area contributed by atoms with E-state index in [9.17, 15) is 0 Å². The van der Waals surface area contributed by atoms with Crippen molar-refractivity contribution in [3.05, 3.63) is 11.7 Å². The second-order valence-corrected chi connectivity index (χ2v) is 6.57. The summed E-state index contributed by atoms with van der Waals surface area (Å²) in [6.45, 7) is 12.4. The molecule has 0 bridgehead atoms. The largest absolute Gasteiger partial charge is 0.367 e. The van der Waals surface area contributed by atoms with E-state index in [-0.39, 0.29) is 11.5 Å². The highest BCUT2D eigenvalue weighted by Gasteiger charge is 2.40. The Bertz CT molecular complexity index is 452. The zero-order valence-electron chi connectivity index (χ0n) is 14.0. The molecule has 120 valence electrons. The molecule has 5 nitrogen and oxygen atoms in total. The lowest BCUT2D eigenvalue weighted by Crippen LogP contribution is -2.40. The van der Waals surface area contributed by atoms with Crippen molar-refractivity contribution in [1.82, 2.24) is 15.5 Å². The number of ether oxygens (including phenoxy) is 1. The molecule has 1 aliphatic rings. The maximum atomic E-state index is 5.96. The highest BCUT2D eigenvalue weighted by molar-refractivity contribution is 5.06. The van der Waals surface area contributed by atoms with Crippen molar-refractivity contribution in [2.24, 2.45) is 5.41 Å². The lowest BCUT2D eigenvalue weighted by Gasteiger charge is -2.37. The van der Waals surface area contributed by atoms with E-state index in [0.717, 1.165) is 19.4 Å². The summed E-state index contributed by atoms with van der Waals surface area (Å²) in [6, 6.07) is 0.125. The average Bonchev–Trinajstić information content (AvgIpc) is 2.94. The van der Waals surface area contributed by atoms with Gasteiger partial charge in [0.15, 0.2) is 0 Å². The number of hydrogen-bond acceptors (Lipinski definition) is 5. The molecule has 0 radical (unpaired) electrons. The number of rotatable bonds is 6. The normalized spacial score (nSPS) is 22.4. The smallest absolute Gasteiger partial charge is 0.244 e. The van der Waals surface area contributed by atoms with E-state index in [1.165, 1.54) is 12.8 Å². The van der Waals surface area contributed by atoms with Crippen molar-refractivity contribution < 1.29 is 9.26 Å². The summed E-state index contributed by atoms with van der Waals surface area (Å²) in [5.74, 6) is 1.38. The number of nitrogens with zero attached hydrogens (tertiary/aromatic N) is 2. The fraction of sp³-hybridized carbons (Fsp3) is 0.875. The zero-order valence-corrected chi connectivity index (χ0v) is 14.0. The SMILES string of the molecule is CCOC(CC)(CC)c1noc(C2NCCCC2(C)C)n1. The second-order valence-electron chi connectivity index (χ2n) is 6.57. The summed E-state index contributed by atoms with van der Waals surface area (Å²) < 4.78 is 11.6. The lowest BCUT2D eigenvalue weighted by molar-refractivity contribution is -0.0583. The van der Waals surface area contributed by atoms with Gasteiger partial charge in [0.2, 0.25) is 11.7 Å². The molecule has 1 unspecified atom stereocenters. The van der Waals surface area contributed by atoms with Crippen molar-refractivity contribution in [2.45, 2.75) is 71.9 Å². The summed E-state index contributed by atoms with van der Waals surface area (Å²) in [6.07, 6.45) is 4.05. The van der Waals surface area contributed by atoms with Crippen molar-refractivity contribution >= 4 is 0 Å². The van der Waals surface area contributed by atoms with Gasteiger partial charge in [-0.1, -0.05) is 32.9 Å². The van der Waals surface area contributed by atoms with E-state index >= 15 is 0 Å². The Morgan fingerprint density at radius 3 is 2.62 bits per heavy atom. The molecule has 1 fully saturated rings. The third-order valence-electron chi connectivity index (χ3n) is 4.79. The van der Waals surface area contributed by atoms with E-state index in [0.29, 0.717) is 18.3 Å².